The molecule has 0 spiro atoms. The van der Waals surface area contributed by atoms with Gasteiger partial charge in [-0.3, -0.25) is 0 Å². The Kier molecular flexibility index (Phi) is 4.99. The standard InChI is InChI=1S/C17H19F3N4O2/c1-9-15(13-7-2-10(8-14(13)26)17(18,19)20)23-24-16(21-9)22-11-3-5-12(25)6-4-11/h2,7-8,11-12,25-26H,3-6H2,1H3,(H,21,22,24). The third-order valence-electron chi connectivity index (χ3n) is 4.47. The first-order valence-corrected chi connectivity index (χ1v) is 8.30. The molecule has 1 aliphatic carbocycles. The van der Waals surface area contributed by atoms with Crippen molar-refractivity contribution < 1.29 is 23.4 Å². The van der Waals surface area contributed by atoms with Gasteiger partial charge in [0.25, 0.3) is 0 Å². The number of nitrogens with zero attached hydrogens (tertiary/aromatic N) is 3. The molecule has 0 atom stereocenters. The van der Waals surface area contributed by atoms with Crippen LogP contribution in [0.15, 0.2) is 18.2 Å². The van der Waals surface area contributed by atoms with Crippen LogP contribution in [0.2, 0.25) is 0 Å². The fourth-order valence-corrected chi connectivity index (χ4v) is 3.02. The molecule has 140 valence electrons. The van der Waals surface area contributed by atoms with Crippen LogP contribution >= 0.6 is 0 Å². The van der Waals surface area contributed by atoms with E-state index in [1.807, 2.05) is 0 Å². The number of aromatic hydroxyl groups is 1. The first kappa shape index (κ1) is 18.4. The topological polar surface area (TPSA) is 91.2 Å². The summed E-state index contributed by atoms with van der Waals surface area (Å²) in [5.74, 6) is -0.208. The van der Waals surface area contributed by atoms with Crippen LogP contribution in [-0.2, 0) is 6.18 Å². The Bertz CT molecular complexity index is 790. The number of rotatable bonds is 3. The second-order valence-electron chi connectivity index (χ2n) is 6.45. The second kappa shape index (κ2) is 7.06. The Hall–Kier alpha value is -2.42. The van der Waals surface area contributed by atoms with Gasteiger partial charge in [-0.05, 0) is 50.8 Å². The highest BCUT2D eigenvalue weighted by atomic mass is 19.4. The molecule has 3 N–H and O–H groups in total. The number of alkyl halides is 3. The van der Waals surface area contributed by atoms with Crippen molar-refractivity contribution in [3.63, 3.8) is 0 Å². The summed E-state index contributed by atoms with van der Waals surface area (Å²) < 4.78 is 38.1. The number of hydrogen-bond donors (Lipinski definition) is 3. The highest BCUT2D eigenvalue weighted by molar-refractivity contribution is 5.69. The predicted molar refractivity (Wildman–Crippen MR) is 88.6 cm³/mol. The molecular formula is C17H19F3N4O2. The minimum atomic E-state index is -4.53. The van der Waals surface area contributed by atoms with Crippen LogP contribution in [0.3, 0.4) is 0 Å². The van der Waals surface area contributed by atoms with Gasteiger partial charge in [0, 0.05) is 11.6 Å². The van der Waals surface area contributed by atoms with Crippen molar-refractivity contribution in [1.29, 1.82) is 0 Å². The summed E-state index contributed by atoms with van der Waals surface area (Å²) in [6.45, 7) is 1.65. The number of nitrogens with one attached hydrogen (secondary N) is 1. The molecular weight excluding hydrogens is 349 g/mol. The lowest BCUT2D eigenvalue weighted by molar-refractivity contribution is -0.137. The molecule has 0 radical (unpaired) electrons. The monoisotopic (exact) mass is 368 g/mol. The van der Waals surface area contributed by atoms with Crippen molar-refractivity contribution in [2.24, 2.45) is 0 Å². The Morgan fingerprint density at radius 2 is 1.81 bits per heavy atom. The van der Waals surface area contributed by atoms with Gasteiger partial charge in [0.2, 0.25) is 5.95 Å². The Morgan fingerprint density at radius 3 is 2.38 bits per heavy atom. The van der Waals surface area contributed by atoms with Gasteiger partial charge in [0.15, 0.2) is 0 Å². The number of phenolic OH excluding ortho intramolecular Hbond substituents is 1. The average molecular weight is 368 g/mol. The van der Waals surface area contributed by atoms with Crippen molar-refractivity contribution in [2.75, 3.05) is 5.32 Å². The molecule has 1 aliphatic rings. The lowest BCUT2D eigenvalue weighted by Crippen LogP contribution is -2.29. The first-order valence-electron chi connectivity index (χ1n) is 8.30. The Morgan fingerprint density at radius 1 is 1.12 bits per heavy atom. The number of phenols is 1. The quantitative estimate of drug-likeness (QED) is 0.770. The summed E-state index contributed by atoms with van der Waals surface area (Å²) in [6, 6.07) is 2.85. The molecule has 0 saturated heterocycles. The summed E-state index contributed by atoms with van der Waals surface area (Å²) in [5, 5.41) is 30.6. The maximum atomic E-state index is 12.7. The molecule has 1 fully saturated rings. The number of halogens is 3. The smallest absolute Gasteiger partial charge is 0.416 e. The minimum Gasteiger partial charge on any atom is -0.507 e. The number of anilines is 1. The van der Waals surface area contributed by atoms with E-state index in [-0.39, 0.29) is 23.4 Å². The Balaban J connectivity index is 1.79. The van der Waals surface area contributed by atoms with E-state index in [1.165, 1.54) is 0 Å². The third kappa shape index (κ3) is 4.04. The van der Waals surface area contributed by atoms with Crippen molar-refractivity contribution in [3.8, 4) is 17.0 Å². The number of aryl methyl sites for hydroxylation is 1. The van der Waals surface area contributed by atoms with Crippen LogP contribution < -0.4 is 5.32 Å². The number of aliphatic hydroxyl groups excluding tert-OH is 1. The largest absolute Gasteiger partial charge is 0.507 e. The fraction of sp³-hybridized carbons (Fsp3) is 0.471. The van der Waals surface area contributed by atoms with E-state index in [0.29, 0.717) is 30.6 Å². The van der Waals surface area contributed by atoms with Crippen molar-refractivity contribution >= 4 is 5.95 Å². The van der Waals surface area contributed by atoms with Crippen molar-refractivity contribution in [1.82, 2.24) is 15.2 Å². The number of aromatic nitrogens is 3. The van der Waals surface area contributed by atoms with Crippen LogP contribution in [0.4, 0.5) is 19.1 Å². The third-order valence-corrected chi connectivity index (χ3v) is 4.47. The molecule has 6 nitrogen and oxygen atoms in total. The highest BCUT2D eigenvalue weighted by Crippen LogP contribution is 2.36. The van der Waals surface area contributed by atoms with E-state index in [9.17, 15) is 23.4 Å². The number of aliphatic hydroxyl groups is 1. The Labute approximate surface area is 148 Å². The second-order valence-corrected chi connectivity index (χ2v) is 6.45. The van der Waals surface area contributed by atoms with Crippen molar-refractivity contribution in [2.45, 2.75) is 50.9 Å². The maximum Gasteiger partial charge on any atom is 0.416 e. The predicted octanol–water partition coefficient (Wildman–Crippen LogP) is 3.29. The zero-order valence-corrected chi connectivity index (χ0v) is 14.1. The van der Waals surface area contributed by atoms with E-state index in [1.54, 1.807) is 6.92 Å². The summed E-state index contributed by atoms with van der Waals surface area (Å²) in [4.78, 5) is 4.29. The molecule has 0 unspecified atom stereocenters. The molecule has 2 aromatic rings. The van der Waals surface area contributed by atoms with Crippen LogP contribution in [0, 0.1) is 6.92 Å². The zero-order chi connectivity index (χ0) is 18.9. The first-order chi connectivity index (χ1) is 12.2. The van der Waals surface area contributed by atoms with Gasteiger partial charge in [-0.25, -0.2) is 4.98 Å². The van der Waals surface area contributed by atoms with E-state index < -0.39 is 17.5 Å². The molecule has 0 bridgehead atoms. The van der Waals surface area contributed by atoms with Gasteiger partial charge in [-0.2, -0.15) is 13.2 Å². The van der Waals surface area contributed by atoms with Crippen molar-refractivity contribution in [3.05, 3.63) is 29.5 Å². The highest BCUT2D eigenvalue weighted by Gasteiger charge is 2.31. The lowest BCUT2D eigenvalue weighted by atomic mass is 9.93. The summed E-state index contributed by atoms with van der Waals surface area (Å²) in [7, 11) is 0. The van der Waals surface area contributed by atoms with E-state index in [4.69, 9.17) is 0 Å². The maximum absolute atomic E-state index is 12.7. The summed E-state index contributed by atoms with van der Waals surface area (Å²) in [5.41, 5.74) is -0.132. The van der Waals surface area contributed by atoms with Gasteiger partial charge >= 0.3 is 6.18 Å². The molecule has 1 heterocycles. The normalized spacial score (nSPS) is 20.8. The average Bonchev–Trinajstić information content (AvgIpc) is 2.57. The SMILES string of the molecule is Cc1nc(NC2CCC(O)CC2)nnc1-c1ccc(C(F)(F)F)cc1O. The van der Waals surface area contributed by atoms with Gasteiger partial charge < -0.3 is 15.5 Å². The van der Waals surface area contributed by atoms with Crippen LogP contribution in [0.5, 0.6) is 5.75 Å². The molecule has 9 heteroatoms. The van der Waals surface area contributed by atoms with E-state index >= 15 is 0 Å². The van der Waals surface area contributed by atoms with Gasteiger partial charge in [-0.1, -0.05) is 0 Å². The number of benzene rings is 1. The molecule has 1 saturated carbocycles. The minimum absolute atomic E-state index is 0.142. The van der Waals surface area contributed by atoms with E-state index in [0.717, 1.165) is 25.0 Å². The molecule has 0 aliphatic heterocycles. The van der Waals surface area contributed by atoms with Gasteiger partial charge in [0.1, 0.15) is 11.4 Å². The number of hydrogen-bond acceptors (Lipinski definition) is 6. The zero-order valence-electron chi connectivity index (χ0n) is 14.1. The van der Waals surface area contributed by atoms with Gasteiger partial charge in [-0.15, -0.1) is 10.2 Å². The fourth-order valence-electron chi connectivity index (χ4n) is 3.02. The molecule has 1 aromatic carbocycles. The van der Waals surface area contributed by atoms with Crippen LogP contribution in [0.25, 0.3) is 11.3 Å². The molecule has 26 heavy (non-hydrogen) atoms. The summed E-state index contributed by atoms with van der Waals surface area (Å²) >= 11 is 0. The summed E-state index contributed by atoms with van der Waals surface area (Å²) in [6.07, 6.45) is -1.78. The lowest BCUT2D eigenvalue weighted by Gasteiger charge is -2.26. The van der Waals surface area contributed by atoms with Gasteiger partial charge in [0.05, 0.1) is 17.4 Å². The molecule has 0 amide bonds. The molecule has 1 aromatic heterocycles. The van der Waals surface area contributed by atoms with Crippen LogP contribution in [-0.4, -0.2) is 37.5 Å². The van der Waals surface area contributed by atoms with E-state index in [2.05, 4.69) is 20.5 Å². The van der Waals surface area contributed by atoms with Crippen LogP contribution in [0.1, 0.15) is 36.9 Å². The molecule has 3 rings (SSSR count).